The van der Waals surface area contributed by atoms with Crippen molar-refractivity contribution < 1.29 is 14.3 Å². The van der Waals surface area contributed by atoms with Gasteiger partial charge in [-0.25, -0.2) is 0 Å². The number of nitrogens with zero attached hydrogens (tertiary/aromatic N) is 1. The van der Waals surface area contributed by atoms with Crippen LogP contribution < -0.4 is 10.1 Å². The van der Waals surface area contributed by atoms with Gasteiger partial charge in [-0.1, -0.05) is 66.8 Å². The molecule has 1 fully saturated rings. The Bertz CT molecular complexity index is 886. The van der Waals surface area contributed by atoms with Gasteiger partial charge in [0.2, 0.25) is 11.8 Å². The van der Waals surface area contributed by atoms with Crippen molar-refractivity contribution in [1.29, 1.82) is 0 Å². The molecule has 5 nitrogen and oxygen atoms in total. The van der Waals surface area contributed by atoms with Crippen LogP contribution in [-0.2, 0) is 16.1 Å². The van der Waals surface area contributed by atoms with Crippen LogP contribution in [0.2, 0.25) is 0 Å². The largest absolute Gasteiger partial charge is 0.494 e. The number of benzene rings is 2. The monoisotopic (exact) mass is 450 g/mol. The first kappa shape index (κ1) is 24.8. The number of carbonyl (C=O) groups is 2. The summed E-state index contributed by atoms with van der Waals surface area (Å²) in [5.41, 5.74) is 3.39. The van der Waals surface area contributed by atoms with E-state index in [9.17, 15) is 9.59 Å². The summed E-state index contributed by atoms with van der Waals surface area (Å²) >= 11 is 0. The van der Waals surface area contributed by atoms with Crippen LogP contribution >= 0.6 is 0 Å². The van der Waals surface area contributed by atoms with E-state index in [2.05, 4.69) is 5.32 Å². The Morgan fingerprint density at radius 2 is 1.58 bits per heavy atom. The van der Waals surface area contributed by atoms with Crippen molar-refractivity contribution in [3.8, 4) is 5.75 Å². The Morgan fingerprint density at radius 3 is 2.21 bits per heavy atom. The van der Waals surface area contributed by atoms with Gasteiger partial charge in [0.25, 0.3) is 0 Å². The molecule has 1 N–H and O–H groups in total. The van der Waals surface area contributed by atoms with Crippen molar-refractivity contribution in [3.63, 3.8) is 0 Å². The fourth-order valence-corrected chi connectivity index (χ4v) is 4.23. The van der Waals surface area contributed by atoms with Crippen LogP contribution in [0, 0.1) is 13.8 Å². The lowest BCUT2D eigenvalue weighted by atomic mass is 9.95. The first-order chi connectivity index (χ1) is 15.9. The minimum absolute atomic E-state index is 0.0191. The van der Waals surface area contributed by atoms with Gasteiger partial charge in [0, 0.05) is 19.0 Å². The summed E-state index contributed by atoms with van der Waals surface area (Å²) < 4.78 is 5.78. The predicted molar refractivity (Wildman–Crippen MR) is 132 cm³/mol. The fraction of sp³-hybridized carbons (Fsp3) is 0.500. The maximum Gasteiger partial charge on any atom is 0.242 e. The number of rotatable bonds is 10. The molecule has 2 aromatic carbocycles. The molecule has 0 heterocycles. The van der Waals surface area contributed by atoms with Crippen LogP contribution in [-0.4, -0.2) is 35.4 Å². The van der Waals surface area contributed by atoms with Gasteiger partial charge in [-0.05, 0) is 57.7 Å². The summed E-state index contributed by atoms with van der Waals surface area (Å²) in [4.78, 5) is 27.9. The lowest BCUT2D eigenvalue weighted by Crippen LogP contribution is -2.50. The molecule has 3 rings (SSSR count). The van der Waals surface area contributed by atoms with Gasteiger partial charge in [-0.15, -0.1) is 0 Å². The number of ether oxygens (including phenoxy) is 1. The van der Waals surface area contributed by atoms with Crippen LogP contribution in [0.5, 0.6) is 5.75 Å². The van der Waals surface area contributed by atoms with Gasteiger partial charge in [-0.2, -0.15) is 0 Å². The second-order valence-electron chi connectivity index (χ2n) is 9.29. The quantitative estimate of drug-likeness (QED) is 0.498. The standard InChI is InChI=1S/C28H38N2O3/c1-21-11-15-24(16-12-21)20-30(23(3)28(32)29-25-8-5-4-6-9-25)27(31)10-7-19-33-26-17-13-22(2)14-18-26/h11-18,23,25H,4-10,19-20H2,1-3H3,(H,29,32)/t23-/m1/s1. The molecule has 0 spiro atoms. The van der Waals surface area contributed by atoms with Crippen molar-refractivity contribution in [3.05, 3.63) is 65.2 Å². The SMILES string of the molecule is Cc1ccc(CN(C(=O)CCCOc2ccc(C)cc2)[C@H](C)C(=O)NC2CCCCC2)cc1. The third-order valence-corrected chi connectivity index (χ3v) is 6.42. The third kappa shape index (κ3) is 7.92. The lowest BCUT2D eigenvalue weighted by Gasteiger charge is -2.31. The van der Waals surface area contributed by atoms with Crippen molar-refractivity contribution in [2.45, 2.75) is 84.3 Å². The molecule has 0 saturated heterocycles. The van der Waals surface area contributed by atoms with Crippen molar-refractivity contribution in [2.75, 3.05) is 6.61 Å². The van der Waals surface area contributed by atoms with Crippen LogP contribution in [0.3, 0.4) is 0 Å². The number of hydrogen-bond acceptors (Lipinski definition) is 3. The second kappa shape index (κ2) is 12.4. The zero-order valence-corrected chi connectivity index (χ0v) is 20.3. The van der Waals surface area contributed by atoms with Crippen LogP contribution in [0.15, 0.2) is 48.5 Å². The number of aryl methyl sites for hydroxylation is 2. The van der Waals surface area contributed by atoms with E-state index in [0.717, 1.165) is 37.0 Å². The summed E-state index contributed by atoms with van der Waals surface area (Å²) in [5.74, 6) is 0.734. The molecular formula is C28H38N2O3. The summed E-state index contributed by atoms with van der Waals surface area (Å²) in [6.45, 7) is 6.82. The van der Waals surface area contributed by atoms with Crippen molar-refractivity contribution in [2.24, 2.45) is 0 Å². The maximum atomic E-state index is 13.2. The first-order valence-corrected chi connectivity index (χ1v) is 12.3. The van der Waals surface area contributed by atoms with E-state index in [1.807, 2.05) is 69.3 Å². The topological polar surface area (TPSA) is 58.6 Å². The Hall–Kier alpha value is -2.82. The molecule has 2 amide bonds. The molecular weight excluding hydrogens is 412 g/mol. The highest BCUT2D eigenvalue weighted by Crippen LogP contribution is 2.19. The molecule has 1 atom stereocenters. The minimum atomic E-state index is -0.515. The molecule has 2 aromatic rings. The molecule has 1 saturated carbocycles. The van der Waals surface area contributed by atoms with Crippen molar-refractivity contribution >= 4 is 11.8 Å². The van der Waals surface area contributed by atoms with Gasteiger partial charge in [0.15, 0.2) is 0 Å². The van der Waals surface area contributed by atoms with Gasteiger partial charge in [0.05, 0.1) is 6.61 Å². The molecule has 0 radical (unpaired) electrons. The van der Waals surface area contributed by atoms with Crippen molar-refractivity contribution in [1.82, 2.24) is 10.2 Å². The van der Waals surface area contributed by atoms with E-state index in [1.165, 1.54) is 17.5 Å². The number of amides is 2. The van der Waals surface area contributed by atoms with E-state index in [1.54, 1.807) is 4.90 Å². The molecule has 1 aliphatic carbocycles. The zero-order chi connectivity index (χ0) is 23.6. The van der Waals surface area contributed by atoms with Gasteiger partial charge >= 0.3 is 0 Å². The Morgan fingerprint density at radius 1 is 0.970 bits per heavy atom. The average molecular weight is 451 g/mol. The summed E-state index contributed by atoms with van der Waals surface area (Å²) in [6.07, 6.45) is 6.57. The zero-order valence-electron chi connectivity index (χ0n) is 20.3. The fourth-order valence-electron chi connectivity index (χ4n) is 4.23. The summed E-state index contributed by atoms with van der Waals surface area (Å²) in [6, 6.07) is 15.8. The second-order valence-corrected chi connectivity index (χ2v) is 9.29. The van der Waals surface area contributed by atoms with E-state index in [-0.39, 0.29) is 17.9 Å². The van der Waals surface area contributed by atoms with Crippen LogP contribution in [0.1, 0.15) is 68.6 Å². The first-order valence-electron chi connectivity index (χ1n) is 12.3. The van der Waals surface area contributed by atoms with Gasteiger partial charge < -0.3 is 15.0 Å². The number of hydrogen-bond donors (Lipinski definition) is 1. The maximum absolute atomic E-state index is 13.2. The highest BCUT2D eigenvalue weighted by atomic mass is 16.5. The molecule has 5 heteroatoms. The van der Waals surface area contributed by atoms with E-state index in [4.69, 9.17) is 4.74 Å². The predicted octanol–water partition coefficient (Wildman–Crippen LogP) is 5.33. The van der Waals surface area contributed by atoms with Crippen LogP contribution in [0.25, 0.3) is 0 Å². The molecule has 0 bridgehead atoms. The Balaban J connectivity index is 1.59. The van der Waals surface area contributed by atoms with Gasteiger partial charge in [-0.3, -0.25) is 9.59 Å². The average Bonchev–Trinajstić information content (AvgIpc) is 2.82. The van der Waals surface area contributed by atoms with E-state index in [0.29, 0.717) is 26.0 Å². The Labute approximate surface area is 198 Å². The number of nitrogens with one attached hydrogen (secondary N) is 1. The number of carbonyl (C=O) groups excluding carboxylic acids is 2. The molecule has 178 valence electrons. The summed E-state index contributed by atoms with van der Waals surface area (Å²) in [7, 11) is 0. The normalized spacial score (nSPS) is 15.0. The van der Waals surface area contributed by atoms with E-state index >= 15 is 0 Å². The molecule has 0 unspecified atom stereocenters. The molecule has 33 heavy (non-hydrogen) atoms. The third-order valence-electron chi connectivity index (χ3n) is 6.42. The smallest absolute Gasteiger partial charge is 0.242 e. The molecule has 0 aromatic heterocycles. The van der Waals surface area contributed by atoms with Crippen LogP contribution in [0.4, 0.5) is 0 Å². The van der Waals surface area contributed by atoms with E-state index < -0.39 is 6.04 Å². The summed E-state index contributed by atoms with van der Waals surface area (Å²) in [5, 5.41) is 3.18. The highest BCUT2D eigenvalue weighted by Gasteiger charge is 2.27. The Kier molecular flexibility index (Phi) is 9.35. The highest BCUT2D eigenvalue weighted by molar-refractivity contribution is 5.87. The van der Waals surface area contributed by atoms with Gasteiger partial charge in [0.1, 0.15) is 11.8 Å². The minimum Gasteiger partial charge on any atom is -0.494 e. The lowest BCUT2D eigenvalue weighted by molar-refractivity contribution is -0.141. The molecule has 1 aliphatic rings. The molecule has 0 aliphatic heterocycles.